The van der Waals surface area contributed by atoms with Crippen LogP contribution in [0.4, 0.5) is 5.69 Å². The highest BCUT2D eigenvalue weighted by atomic mass is 16.6. The second-order valence-corrected chi connectivity index (χ2v) is 3.62. The number of carbonyl (C=O) groups excluding carboxylic acids is 1. The first kappa shape index (κ1) is 14.1. The fraction of sp³-hybridized carbons (Fsp3) is 0.417. The smallest absolute Gasteiger partial charge is 0.307 e. The number of rotatable bonds is 7. The second kappa shape index (κ2) is 7.39. The molecule has 0 aromatic heterocycles. The Hall–Kier alpha value is -1.95. The monoisotopic (exact) mass is 252 g/mol. The minimum Gasteiger partial charge on any atom is -0.466 e. The number of nitro benzene ring substituents is 1. The first-order valence-corrected chi connectivity index (χ1v) is 5.73. The molecule has 98 valence electrons. The van der Waals surface area contributed by atoms with Crippen LogP contribution in [-0.4, -0.2) is 24.0 Å². The van der Waals surface area contributed by atoms with Crippen LogP contribution in [0.3, 0.4) is 0 Å². The Labute approximate surface area is 105 Å². The zero-order valence-corrected chi connectivity index (χ0v) is 10.2. The molecule has 1 N–H and O–H groups in total. The van der Waals surface area contributed by atoms with Gasteiger partial charge in [0.1, 0.15) is 0 Å². The van der Waals surface area contributed by atoms with E-state index >= 15 is 0 Å². The van der Waals surface area contributed by atoms with Crippen LogP contribution < -0.4 is 5.32 Å². The Balaban J connectivity index is 2.40. The van der Waals surface area contributed by atoms with Crippen molar-refractivity contribution in [3.05, 3.63) is 39.9 Å². The van der Waals surface area contributed by atoms with E-state index in [1.54, 1.807) is 25.1 Å². The van der Waals surface area contributed by atoms with Gasteiger partial charge in [0.05, 0.1) is 18.0 Å². The van der Waals surface area contributed by atoms with Gasteiger partial charge < -0.3 is 10.1 Å². The third-order valence-electron chi connectivity index (χ3n) is 2.31. The van der Waals surface area contributed by atoms with Gasteiger partial charge in [0.2, 0.25) is 0 Å². The van der Waals surface area contributed by atoms with Gasteiger partial charge in [-0.15, -0.1) is 0 Å². The number of nitro groups is 1. The lowest BCUT2D eigenvalue weighted by molar-refractivity contribution is -0.385. The fourth-order valence-electron chi connectivity index (χ4n) is 1.49. The Morgan fingerprint density at radius 3 is 2.83 bits per heavy atom. The van der Waals surface area contributed by atoms with E-state index in [0.29, 0.717) is 25.3 Å². The van der Waals surface area contributed by atoms with Crippen molar-refractivity contribution in [2.45, 2.75) is 19.9 Å². The molecule has 0 atom stereocenters. The summed E-state index contributed by atoms with van der Waals surface area (Å²) in [6, 6.07) is 6.52. The van der Waals surface area contributed by atoms with E-state index in [4.69, 9.17) is 4.74 Å². The van der Waals surface area contributed by atoms with Crippen molar-refractivity contribution < 1.29 is 14.5 Å². The number of esters is 1. The van der Waals surface area contributed by atoms with Crippen LogP contribution in [0, 0.1) is 10.1 Å². The maximum atomic E-state index is 11.1. The van der Waals surface area contributed by atoms with Gasteiger partial charge in [0.25, 0.3) is 5.69 Å². The van der Waals surface area contributed by atoms with Gasteiger partial charge in [-0.3, -0.25) is 14.9 Å². The van der Waals surface area contributed by atoms with Gasteiger partial charge >= 0.3 is 5.97 Å². The van der Waals surface area contributed by atoms with Gasteiger partial charge in [-0.05, 0) is 6.92 Å². The molecule has 0 bridgehead atoms. The molecule has 0 fully saturated rings. The molecule has 0 aliphatic heterocycles. The second-order valence-electron chi connectivity index (χ2n) is 3.62. The highest BCUT2D eigenvalue weighted by Crippen LogP contribution is 2.16. The van der Waals surface area contributed by atoms with E-state index in [1.165, 1.54) is 6.07 Å². The van der Waals surface area contributed by atoms with E-state index in [0.717, 1.165) is 0 Å². The number of benzene rings is 1. The van der Waals surface area contributed by atoms with Crippen LogP contribution in [-0.2, 0) is 16.1 Å². The molecule has 0 saturated carbocycles. The fourth-order valence-corrected chi connectivity index (χ4v) is 1.49. The summed E-state index contributed by atoms with van der Waals surface area (Å²) in [5.41, 5.74) is 0.687. The number of nitrogens with zero attached hydrogens (tertiary/aromatic N) is 1. The van der Waals surface area contributed by atoms with E-state index in [9.17, 15) is 14.9 Å². The number of ether oxygens (including phenoxy) is 1. The SMILES string of the molecule is CCOC(=O)CCNCc1ccccc1[N+](=O)[O-]. The van der Waals surface area contributed by atoms with Crippen molar-refractivity contribution in [1.29, 1.82) is 0 Å². The molecule has 6 heteroatoms. The van der Waals surface area contributed by atoms with Crippen LogP contribution >= 0.6 is 0 Å². The van der Waals surface area contributed by atoms with Crippen LogP contribution in [0.25, 0.3) is 0 Å². The minimum absolute atomic E-state index is 0.0844. The molecule has 0 unspecified atom stereocenters. The molecule has 0 aliphatic carbocycles. The molecule has 0 spiro atoms. The molecule has 18 heavy (non-hydrogen) atoms. The van der Waals surface area contributed by atoms with Crippen molar-refractivity contribution in [3.63, 3.8) is 0 Å². The highest BCUT2D eigenvalue weighted by molar-refractivity contribution is 5.69. The Kier molecular flexibility index (Phi) is 5.79. The number of para-hydroxylation sites is 1. The van der Waals surface area contributed by atoms with Crippen molar-refractivity contribution in [2.24, 2.45) is 0 Å². The average Bonchev–Trinajstić information content (AvgIpc) is 2.35. The van der Waals surface area contributed by atoms with E-state index < -0.39 is 4.92 Å². The Bertz CT molecular complexity index is 420. The third kappa shape index (κ3) is 4.50. The summed E-state index contributed by atoms with van der Waals surface area (Å²) in [4.78, 5) is 21.4. The van der Waals surface area contributed by atoms with Crippen molar-refractivity contribution in [3.8, 4) is 0 Å². The van der Waals surface area contributed by atoms with Crippen LogP contribution in [0.1, 0.15) is 18.9 Å². The Morgan fingerprint density at radius 2 is 2.17 bits per heavy atom. The predicted octanol–water partition coefficient (Wildman–Crippen LogP) is 1.64. The maximum Gasteiger partial charge on any atom is 0.307 e. The predicted molar refractivity (Wildman–Crippen MR) is 66.1 cm³/mol. The van der Waals surface area contributed by atoms with Crippen LogP contribution in [0.5, 0.6) is 0 Å². The molecule has 0 heterocycles. The molecular weight excluding hydrogens is 236 g/mol. The van der Waals surface area contributed by atoms with Gasteiger partial charge in [-0.2, -0.15) is 0 Å². The van der Waals surface area contributed by atoms with E-state index in [-0.39, 0.29) is 18.1 Å². The highest BCUT2D eigenvalue weighted by Gasteiger charge is 2.11. The molecule has 6 nitrogen and oxygen atoms in total. The van der Waals surface area contributed by atoms with Crippen molar-refractivity contribution >= 4 is 11.7 Å². The minimum atomic E-state index is -0.414. The number of hydrogen-bond donors (Lipinski definition) is 1. The Morgan fingerprint density at radius 1 is 1.44 bits per heavy atom. The van der Waals surface area contributed by atoms with Gasteiger partial charge in [0.15, 0.2) is 0 Å². The molecule has 1 aromatic rings. The standard InChI is InChI=1S/C12H16N2O4/c1-2-18-12(15)7-8-13-9-10-5-3-4-6-11(10)14(16)17/h3-6,13H,2,7-9H2,1H3. The van der Waals surface area contributed by atoms with E-state index in [2.05, 4.69) is 5.32 Å². The summed E-state index contributed by atoms with van der Waals surface area (Å²) >= 11 is 0. The number of carbonyl (C=O) groups is 1. The molecule has 1 aromatic carbocycles. The summed E-state index contributed by atoms with van der Waals surface area (Å²) in [6.45, 7) is 2.91. The number of hydrogen-bond acceptors (Lipinski definition) is 5. The summed E-state index contributed by atoms with van der Waals surface area (Å²) in [6.07, 6.45) is 0.258. The quantitative estimate of drug-likeness (QED) is 0.345. The zero-order valence-electron chi connectivity index (χ0n) is 10.2. The van der Waals surface area contributed by atoms with Crippen LogP contribution in [0.2, 0.25) is 0 Å². The molecule has 0 amide bonds. The number of nitrogens with one attached hydrogen (secondary N) is 1. The summed E-state index contributed by atoms with van der Waals surface area (Å²) in [5, 5.41) is 13.7. The van der Waals surface area contributed by atoms with Gasteiger partial charge in [-0.25, -0.2) is 0 Å². The lowest BCUT2D eigenvalue weighted by atomic mass is 10.2. The maximum absolute atomic E-state index is 11.1. The van der Waals surface area contributed by atoms with Crippen molar-refractivity contribution in [2.75, 3.05) is 13.2 Å². The topological polar surface area (TPSA) is 81.5 Å². The molecule has 0 aliphatic rings. The average molecular weight is 252 g/mol. The molecule has 0 saturated heterocycles. The largest absolute Gasteiger partial charge is 0.466 e. The molecule has 0 radical (unpaired) electrons. The van der Waals surface area contributed by atoms with Gasteiger partial charge in [0, 0.05) is 24.7 Å². The molecular formula is C12H16N2O4. The van der Waals surface area contributed by atoms with Gasteiger partial charge in [-0.1, -0.05) is 18.2 Å². The lowest BCUT2D eigenvalue weighted by Gasteiger charge is -2.05. The van der Waals surface area contributed by atoms with Crippen LogP contribution in [0.15, 0.2) is 24.3 Å². The summed E-state index contributed by atoms with van der Waals surface area (Å²) in [7, 11) is 0. The third-order valence-corrected chi connectivity index (χ3v) is 2.31. The first-order chi connectivity index (χ1) is 8.65. The first-order valence-electron chi connectivity index (χ1n) is 5.73. The summed E-state index contributed by atoms with van der Waals surface area (Å²) < 4.78 is 4.77. The normalized spacial score (nSPS) is 10.1. The van der Waals surface area contributed by atoms with Crippen molar-refractivity contribution in [1.82, 2.24) is 5.32 Å². The molecule has 1 rings (SSSR count). The lowest BCUT2D eigenvalue weighted by Crippen LogP contribution is -2.19. The van der Waals surface area contributed by atoms with E-state index in [1.807, 2.05) is 0 Å². The summed E-state index contributed by atoms with van der Waals surface area (Å²) in [5.74, 6) is -0.271. The zero-order chi connectivity index (χ0) is 13.4.